The first-order valence-electron chi connectivity index (χ1n) is 7.01. The van der Waals surface area contributed by atoms with Gasteiger partial charge in [-0.05, 0) is 18.9 Å². The van der Waals surface area contributed by atoms with Crippen molar-refractivity contribution >= 4 is 0 Å². The van der Waals surface area contributed by atoms with Crippen LogP contribution < -0.4 is 14.8 Å². The Balaban J connectivity index is 1.74. The van der Waals surface area contributed by atoms with E-state index >= 15 is 0 Å². The lowest BCUT2D eigenvalue weighted by Crippen LogP contribution is -2.39. The van der Waals surface area contributed by atoms with Crippen LogP contribution in [0.15, 0.2) is 18.2 Å². The van der Waals surface area contributed by atoms with Crippen molar-refractivity contribution in [3.05, 3.63) is 23.8 Å². The number of rotatable bonds is 3. The molecule has 1 aromatic rings. The molecule has 1 atom stereocenters. The summed E-state index contributed by atoms with van der Waals surface area (Å²) in [4.78, 5) is 0. The third-order valence-electron chi connectivity index (χ3n) is 3.92. The predicted octanol–water partition coefficient (Wildman–Crippen LogP) is 2.29. The van der Waals surface area contributed by atoms with Crippen molar-refractivity contribution in [3.8, 4) is 11.5 Å². The smallest absolute Gasteiger partial charge is 0.127 e. The third kappa shape index (κ3) is 2.85. The van der Waals surface area contributed by atoms with E-state index in [2.05, 4.69) is 11.4 Å². The van der Waals surface area contributed by atoms with E-state index in [0.717, 1.165) is 50.6 Å². The molecular weight excluding hydrogens is 242 g/mol. The molecular formula is C15H21NO3. The van der Waals surface area contributed by atoms with Crippen LogP contribution in [-0.2, 0) is 4.74 Å². The number of hydrogen-bond acceptors (Lipinski definition) is 4. The van der Waals surface area contributed by atoms with Crippen LogP contribution in [0.25, 0.3) is 0 Å². The van der Waals surface area contributed by atoms with E-state index < -0.39 is 0 Å². The lowest BCUT2D eigenvalue weighted by Gasteiger charge is -2.32. The van der Waals surface area contributed by atoms with Crippen molar-refractivity contribution in [2.24, 2.45) is 0 Å². The van der Waals surface area contributed by atoms with Crippen LogP contribution in [-0.4, -0.2) is 33.0 Å². The molecule has 4 nitrogen and oxygen atoms in total. The number of ether oxygens (including phenoxy) is 3. The van der Waals surface area contributed by atoms with Crippen LogP contribution >= 0.6 is 0 Å². The second-order valence-corrected chi connectivity index (χ2v) is 5.15. The van der Waals surface area contributed by atoms with E-state index in [1.807, 2.05) is 12.1 Å². The summed E-state index contributed by atoms with van der Waals surface area (Å²) >= 11 is 0. The highest BCUT2D eigenvalue weighted by molar-refractivity contribution is 5.43. The molecule has 0 spiro atoms. The summed E-state index contributed by atoms with van der Waals surface area (Å²) in [6, 6.07) is 7.05. The summed E-state index contributed by atoms with van der Waals surface area (Å²) in [5.74, 6) is 1.81. The van der Waals surface area contributed by atoms with Gasteiger partial charge in [-0.15, -0.1) is 0 Å². The molecule has 3 rings (SSSR count). The molecule has 19 heavy (non-hydrogen) atoms. The molecule has 0 aliphatic carbocycles. The number of nitrogens with one attached hydrogen (secondary N) is 1. The number of methoxy groups -OCH3 is 1. The molecule has 0 saturated carbocycles. The molecule has 2 aliphatic heterocycles. The summed E-state index contributed by atoms with van der Waals surface area (Å²) in [7, 11) is 1.68. The van der Waals surface area contributed by atoms with Crippen molar-refractivity contribution < 1.29 is 14.2 Å². The highest BCUT2D eigenvalue weighted by Crippen LogP contribution is 2.35. The van der Waals surface area contributed by atoms with Gasteiger partial charge in [-0.3, -0.25) is 0 Å². The molecule has 0 amide bonds. The van der Waals surface area contributed by atoms with Crippen molar-refractivity contribution in [2.75, 3.05) is 26.9 Å². The van der Waals surface area contributed by atoms with Gasteiger partial charge in [-0.2, -0.15) is 0 Å². The number of hydrogen-bond donors (Lipinski definition) is 1. The predicted molar refractivity (Wildman–Crippen MR) is 72.8 cm³/mol. The van der Waals surface area contributed by atoms with Crippen LogP contribution in [0.1, 0.15) is 30.9 Å². The lowest BCUT2D eigenvalue weighted by molar-refractivity contribution is 0.0727. The highest BCUT2D eigenvalue weighted by Gasteiger charge is 2.25. The average Bonchev–Trinajstić information content (AvgIpc) is 2.48. The SMILES string of the molecule is COc1ccc2c(c1)OCCC2NC1CCOCC1. The summed E-state index contributed by atoms with van der Waals surface area (Å²) < 4.78 is 16.4. The fraction of sp³-hybridized carbons (Fsp3) is 0.600. The van der Waals surface area contributed by atoms with Gasteiger partial charge < -0.3 is 19.5 Å². The summed E-state index contributed by atoms with van der Waals surface area (Å²) in [6.07, 6.45) is 3.22. The molecule has 1 saturated heterocycles. The molecule has 0 bridgehead atoms. The van der Waals surface area contributed by atoms with Crippen molar-refractivity contribution in [1.82, 2.24) is 5.32 Å². The highest BCUT2D eigenvalue weighted by atomic mass is 16.5. The van der Waals surface area contributed by atoms with E-state index in [4.69, 9.17) is 14.2 Å². The minimum atomic E-state index is 0.387. The molecule has 1 unspecified atom stereocenters. The minimum Gasteiger partial charge on any atom is -0.497 e. The molecule has 2 heterocycles. The fourth-order valence-corrected chi connectivity index (χ4v) is 2.82. The van der Waals surface area contributed by atoms with Gasteiger partial charge in [0.1, 0.15) is 11.5 Å². The molecule has 2 aliphatic rings. The second kappa shape index (κ2) is 5.80. The van der Waals surface area contributed by atoms with Crippen molar-refractivity contribution in [1.29, 1.82) is 0 Å². The number of fused-ring (bicyclic) bond motifs is 1. The van der Waals surface area contributed by atoms with Gasteiger partial charge in [0.15, 0.2) is 0 Å². The van der Waals surface area contributed by atoms with E-state index in [-0.39, 0.29) is 0 Å². The third-order valence-corrected chi connectivity index (χ3v) is 3.92. The Labute approximate surface area is 114 Å². The average molecular weight is 263 g/mol. The van der Waals surface area contributed by atoms with Gasteiger partial charge in [-0.25, -0.2) is 0 Å². The Hall–Kier alpha value is -1.26. The van der Waals surface area contributed by atoms with Gasteiger partial charge in [-0.1, -0.05) is 6.07 Å². The van der Waals surface area contributed by atoms with Crippen molar-refractivity contribution in [2.45, 2.75) is 31.3 Å². The first kappa shape index (κ1) is 12.8. The first-order chi connectivity index (χ1) is 9.36. The van der Waals surface area contributed by atoms with Gasteiger partial charge in [0.25, 0.3) is 0 Å². The maximum absolute atomic E-state index is 5.74. The Morgan fingerprint density at radius 1 is 1.16 bits per heavy atom. The Morgan fingerprint density at radius 3 is 2.79 bits per heavy atom. The minimum absolute atomic E-state index is 0.387. The molecule has 1 fully saturated rings. The fourth-order valence-electron chi connectivity index (χ4n) is 2.82. The van der Waals surface area contributed by atoms with Crippen molar-refractivity contribution in [3.63, 3.8) is 0 Å². The zero-order chi connectivity index (χ0) is 13.1. The zero-order valence-electron chi connectivity index (χ0n) is 11.4. The quantitative estimate of drug-likeness (QED) is 0.908. The Bertz CT molecular complexity index is 429. The largest absolute Gasteiger partial charge is 0.497 e. The molecule has 1 aromatic carbocycles. The molecule has 0 radical (unpaired) electrons. The van der Waals surface area contributed by atoms with Gasteiger partial charge >= 0.3 is 0 Å². The number of benzene rings is 1. The molecule has 1 N–H and O–H groups in total. The van der Waals surface area contributed by atoms with Crippen LogP contribution in [0.5, 0.6) is 11.5 Å². The van der Waals surface area contributed by atoms with Crippen LogP contribution in [0.2, 0.25) is 0 Å². The lowest BCUT2D eigenvalue weighted by atomic mass is 9.98. The Morgan fingerprint density at radius 2 is 2.00 bits per heavy atom. The van der Waals surface area contributed by atoms with Crippen LogP contribution in [0, 0.1) is 0 Å². The van der Waals surface area contributed by atoms with Gasteiger partial charge in [0.05, 0.1) is 13.7 Å². The summed E-state index contributed by atoms with van der Waals surface area (Å²) in [6.45, 7) is 2.51. The Kier molecular flexibility index (Phi) is 3.89. The van der Waals surface area contributed by atoms with Crippen LogP contribution in [0.3, 0.4) is 0 Å². The molecule has 0 aromatic heterocycles. The van der Waals surface area contributed by atoms with E-state index in [1.165, 1.54) is 5.56 Å². The van der Waals surface area contributed by atoms with Gasteiger partial charge in [0.2, 0.25) is 0 Å². The maximum Gasteiger partial charge on any atom is 0.127 e. The summed E-state index contributed by atoms with van der Waals surface area (Å²) in [5.41, 5.74) is 1.25. The normalized spacial score (nSPS) is 23.5. The molecule has 104 valence electrons. The first-order valence-corrected chi connectivity index (χ1v) is 7.01. The monoisotopic (exact) mass is 263 g/mol. The molecule has 4 heteroatoms. The standard InChI is InChI=1S/C15H21NO3/c1-17-12-2-3-13-14(6-9-19-15(13)10-12)16-11-4-7-18-8-5-11/h2-3,10-11,14,16H,4-9H2,1H3. The van der Waals surface area contributed by atoms with Gasteiger partial charge in [0, 0.05) is 43.3 Å². The zero-order valence-corrected chi connectivity index (χ0v) is 11.4. The van der Waals surface area contributed by atoms with E-state index in [9.17, 15) is 0 Å². The summed E-state index contributed by atoms with van der Waals surface area (Å²) in [5, 5.41) is 3.75. The van der Waals surface area contributed by atoms with E-state index in [1.54, 1.807) is 7.11 Å². The van der Waals surface area contributed by atoms with E-state index in [0.29, 0.717) is 12.1 Å². The second-order valence-electron chi connectivity index (χ2n) is 5.15. The van der Waals surface area contributed by atoms with Crippen LogP contribution in [0.4, 0.5) is 0 Å². The maximum atomic E-state index is 5.74. The topological polar surface area (TPSA) is 39.7 Å².